The number of piperidine rings is 1. The van der Waals surface area contributed by atoms with Crippen molar-refractivity contribution >= 4 is 0 Å². The number of fused-ring (bicyclic) bond motifs is 2. The first-order valence-electron chi connectivity index (χ1n) is 4.38. The Balaban J connectivity index is 2.03. The molecule has 0 amide bonds. The van der Waals surface area contributed by atoms with E-state index in [1.165, 1.54) is 0 Å². The molecule has 2 bridgehead atoms. The molecule has 0 saturated carbocycles. The molecule has 0 aliphatic carbocycles. The SMILES string of the molecule is FC(F)(F)C1C[C@@H]2CC[C@@H](C1)N2. The van der Waals surface area contributed by atoms with Gasteiger partial charge in [-0.05, 0) is 25.7 Å². The van der Waals surface area contributed by atoms with Gasteiger partial charge < -0.3 is 5.32 Å². The third kappa shape index (κ3) is 1.44. The van der Waals surface area contributed by atoms with Crippen LogP contribution in [0.3, 0.4) is 0 Å². The van der Waals surface area contributed by atoms with Gasteiger partial charge in [-0.1, -0.05) is 0 Å². The molecule has 0 aromatic heterocycles. The molecule has 70 valence electrons. The molecule has 2 atom stereocenters. The second-order valence-electron chi connectivity index (χ2n) is 3.85. The molecule has 0 unspecified atom stereocenters. The Hall–Kier alpha value is -0.250. The van der Waals surface area contributed by atoms with Crippen LogP contribution in [0.5, 0.6) is 0 Å². The maximum atomic E-state index is 12.3. The Bertz CT molecular complexity index is 166. The van der Waals surface area contributed by atoms with Crippen molar-refractivity contribution in [3.8, 4) is 0 Å². The van der Waals surface area contributed by atoms with E-state index >= 15 is 0 Å². The van der Waals surface area contributed by atoms with Crippen LogP contribution in [0, 0.1) is 5.92 Å². The molecule has 12 heavy (non-hydrogen) atoms. The summed E-state index contributed by atoms with van der Waals surface area (Å²) in [6, 6.07) is 0.269. The smallest absolute Gasteiger partial charge is 0.311 e. The molecule has 2 rings (SSSR count). The van der Waals surface area contributed by atoms with Gasteiger partial charge in [0.15, 0.2) is 0 Å². The Kier molecular flexibility index (Phi) is 1.82. The van der Waals surface area contributed by atoms with Crippen molar-refractivity contribution in [2.75, 3.05) is 0 Å². The van der Waals surface area contributed by atoms with Crippen LogP contribution in [0.15, 0.2) is 0 Å². The van der Waals surface area contributed by atoms with Crippen molar-refractivity contribution in [3.05, 3.63) is 0 Å². The molecule has 2 fully saturated rings. The molecule has 2 heterocycles. The minimum Gasteiger partial charge on any atom is -0.311 e. The zero-order valence-electron chi connectivity index (χ0n) is 6.69. The fourth-order valence-electron chi connectivity index (χ4n) is 2.32. The second-order valence-corrected chi connectivity index (χ2v) is 3.85. The van der Waals surface area contributed by atoms with Gasteiger partial charge in [0.1, 0.15) is 0 Å². The van der Waals surface area contributed by atoms with E-state index < -0.39 is 12.1 Å². The zero-order valence-corrected chi connectivity index (χ0v) is 6.69. The largest absolute Gasteiger partial charge is 0.391 e. The predicted octanol–water partition coefficient (Wildman–Crippen LogP) is 2.08. The van der Waals surface area contributed by atoms with Crippen LogP contribution in [-0.4, -0.2) is 18.3 Å². The maximum Gasteiger partial charge on any atom is 0.391 e. The van der Waals surface area contributed by atoms with Crippen LogP contribution in [0.1, 0.15) is 25.7 Å². The Labute approximate surface area is 69.3 Å². The van der Waals surface area contributed by atoms with Crippen LogP contribution in [0.25, 0.3) is 0 Å². The first-order valence-corrected chi connectivity index (χ1v) is 4.38. The van der Waals surface area contributed by atoms with Gasteiger partial charge in [0, 0.05) is 12.1 Å². The average molecular weight is 179 g/mol. The standard InChI is InChI=1S/C8H12F3N/c9-8(10,11)5-3-6-1-2-7(4-5)12-6/h5-7,12H,1-4H2/t6-,7-/m0/s1. The van der Waals surface area contributed by atoms with Crippen LogP contribution >= 0.6 is 0 Å². The Morgan fingerprint density at radius 2 is 1.50 bits per heavy atom. The third-order valence-corrected chi connectivity index (χ3v) is 2.94. The van der Waals surface area contributed by atoms with E-state index in [9.17, 15) is 13.2 Å². The summed E-state index contributed by atoms with van der Waals surface area (Å²) >= 11 is 0. The van der Waals surface area contributed by atoms with Gasteiger partial charge in [-0.3, -0.25) is 0 Å². The van der Waals surface area contributed by atoms with Crippen LogP contribution in [0.4, 0.5) is 13.2 Å². The molecule has 2 aliphatic rings. The average Bonchev–Trinajstić information content (AvgIpc) is 2.28. The molecule has 0 radical (unpaired) electrons. The molecular weight excluding hydrogens is 167 g/mol. The van der Waals surface area contributed by atoms with Crippen LogP contribution < -0.4 is 5.32 Å². The number of nitrogens with one attached hydrogen (secondary N) is 1. The molecule has 0 aromatic rings. The number of hydrogen-bond acceptors (Lipinski definition) is 1. The first-order chi connectivity index (χ1) is 5.55. The highest BCUT2D eigenvalue weighted by Gasteiger charge is 2.46. The highest BCUT2D eigenvalue weighted by Crippen LogP contribution is 2.40. The molecule has 4 heteroatoms. The van der Waals surface area contributed by atoms with Crippen LogP contribution in [0.2, 0.25) is 0 Å². The summed E-state index contributed by atoms with van der Waals surface area (Å²) < 4.78 is 36.9. The van der Waals surface area contributed by atoms with E-state index in [2.05, 4.69) is 5.32 Å². The van der Waals surface area contributed by atoms with Crippen molar-refractivity contribution in [3.63, 3.8) is 0 Å². The lowest BCUT2D eigenvalue weighted by molar-refractivity contribution is -0.183. The summed E-state index contributed by atoms with van der Waals surface area (Å²) in [5, 5.41) is 3.19. The van der Waals surface area contributed by atoms with Gasteiger partial charge >= 0.3 is 6.18 Å². The van der Waals surface area contributed by atoms with Crippen molar-refractivity contribution in [1.29, 1.82) is 0 Å². The zero-order chi connectivity index (χ0) is 8.77. The minimum atomic E-state index is -3.97. The van der Waals surface area contributed by atoms with E-state index in [4.69, 9.17) is 0 Å². The van der Waals surface area contributed by atoms with Gasteiger partial charge in [0.2, 0.25) is 0 Å². The van der Waals surface area contributed by atoms with Gasteiger partial charge in [-0.2, -0.15) is 13.2 Å². The molecule has 2 aliphatic heterocycles. The number of alkyl halides is 3. The topological polar surface area (TPSA) is 12.0 Å². The highest BCUT2D eigenvalue weighted by molar-refractivity contribution is 4.93. The van der Waals surface area contributed by atoms with E-state index in [-0.39, 0.29) is 12.1 Å². The van der Waals surface area contributed by atoms with E-state index in [0.29, 0.717) is 12.8 Å². The second kappa shape index (κ2) is 2.62. The summed E-state index contributed by atoms with van der Waals surface area (Å²) in [7, 11) is 0. The lowest BCUT2D eigenvalue weighted by Crippen LogP contribution is -2.42. The lowest BCUT2D eigenvalue weighted by Gasteiger charge is -2.30. The minimum absolute atomic E-state index is 0.135. The monoisotopic (exact) mass is 179 g/mol. The van der Waals surface area contributed by atoms with Crippen molar-refractivity contribution < 1.29 is 13.2 Å². The molecule has 0 aromatic carbocycles. The summed E-state index contributed by atoms with van der Waals surface area (Å²) in [4.78, 5) is 0. The number of hydrogen-bond donors (Lipinski definition) is 1. The maximum absolute atomic E-state index is 12.3. The van der Waals surface area contributed by atoms with Crippen LogP contribution in [-0.2, 0) is 0 Å². The molecule has 1 nitrogen and oxygen atoms in total. The number of halogens is 3. The highest BCUT2D eigenvalue weighted by atomic mass is 19.4. The third-order valence-electron chi connectivity index (χ3n) is 2.94. The molecule has 1 N–H and O–H groups in total. The fourth-order valence-corrected chi connectivity index (χ4v) is 2.32. The summed E-state index contributed by atoms with van der Waals surface area (Å²) in [5.74, 6) is -1.05. The molecule has 2 saturated heterocycles. The van der Waals surface area contributed by atoms with E-state index in [1.807, 2.05) is 0 Å². The lowest BCUT2D eigenvalue weighted by atomic mass is 9.92. The summed E-state index contributed by atoms with van der Waals surface area (Å²) in [5.41, 5.74) is 0. The van der Waals surface area contributed by atoms with E-state index in [0.717, 1.165) is 12.8 Å². The van der Waals surface area contributed by atoms with Crippen molar-refractivity contribution in [2.45, 2.75) is 43.9 Å². The Morgan fingerprint density at radius 3 is 1.92 bits per heavy atom. The van der Waals surface area contributed by atoms with Crippen molar-refractivity contribution in [1.82, 2.24) is 5.32 Å². The van der Waals surface area contributed by atoms with Gasteiger partial charge in [0.25, 0.3) is 0 Å². The molecular formula is C8H12F3N. The summed E-state index contributed by atoms with van der Waals surface area (Å²) in [6.45, 7) is 0. The van der Waals surface area contributed by atoms with Gasteiger partial charge in [-0.15, -0.1) is 0 Å². The number of rotatable bonds is 0. The predicted molar refractivity (Wildman–Crippen MR) is 38.7 cm³/mol. The fraction of sp³-hybridized carbons (Fsp3) is 1.00. The van der Waals surface area contributed by atoms with E-state index in [1.54, 1.807) is 0 Å². The quantitative estimate of drug-likeness (QED) is 0.600. The van der Waals surface area contributed by atoms with Gasteiger partial charge in [0.05, 0.1) is 5.92 Å². The first kappa shape index (κ1) is 8.35. The summed E-state index contributed by atoms with van der Waals surface area (Å²) in [6.07, 6.45) is -1.53. The van der Waals surface area contributed by atoms with Crippen molar-refractivity contribution in [2.24, 2.45) is 5.92 Å². The normalized spacial score (nSPS) is 41.8. The van der Waals surface area contributed by atoms with Gasteiger partial charge in [-0.25, -0.2) is 0 Å². The molecule has 0 spiro atoms. The Morgan fingerprint density at radius 1 is 1.00 bits per heavy atom.